The van der Waals surface area contributed by atoms with E-state index in [2.05, 4.69) is 39.6 Å². The van der Waals surface area contributed by atoms with Crippen molar-refractivity contribution in [1.29, 1.82) is 0 Å². The highest BCUT2D eigenvalue weighted by Gasteiger charge is 2.31. The zero-order chi connectivity index (χ0) is 10.0. The van der Waals surface area contributed by atoms with Crippen LogP contribution in [0.1, 0.15) is 31.1 Å². The summed E-state index contributed by atoms with van der Waals surface area (Å²) in [5.41, 5.74) is 0.393. The fraction of sp³-hybridized carbons (Fsp3) is 0.636. The zero-order valence-corrected chi connectivity index (χ0v) is 10.9. The van der Waals surface area contributed by atoms with Gasteiger partial charge in [0.25, 0.3) is 0 Å². The molecule has 2 rings (SSSR count). The fourth-order valence-electron chi connectivity index (χ4n) is 2.23. The summed E-state index contributed by atoms with van der Waals surface area (Å²) in [7, 11) is 0. The molecule has 0 amide bonds. The molecule has 0 saturated carbocycles. The van der Waals surface area contributed by atoms with Crippen LogP contribution in [0.4, 0.5) is 0 Å². The van der Waals surface area contributed by atoms with Gasteiger partial charge in [0.2, 0.25) is 0 Å². The molecule has 14 heavy (non-hydrogen) atoms. The van der Waals surface area contributed by atoms with E-state index in [9.17, 15) is 0 Å². The first kappa shape index (κ1) is 10.7. The van der Waals surface area contributed by atoms with E-state index < -0.39 is 0 Å². The molecule has 1 aromatic heterocycles. The maximum atomic E-state index is 3.67. The van der Waals surface area contributed by atoms with Crippen LogP contribution in [0.5, 0.6) is 0 Å². The Morgan fingerprint density at radius 1 is 1.64 bits per heavy atom. The number of thiophene rings is 1. The van der Waals surface area contributed by atoms with E-state index in [1.807, 2.05) is 11.3 Å². The Kier molecular flexibility index (Phi) is 3.30. The van der Waals surface area contributed by atoms with Crippen molar-refractivity contribution in [1.82, 2.24) is 5.32 Å². The minimum Gasteiger partial charge on any atom is -0.311 e. The predicted molar refractivity (Wildman–Crippen MR) is 66.0 cm³/mol. The summed E-state index contributed by atoms with van der Waals surface area (Å²) in [6.07, 6.45) is 5.10. The third-order valence-corrected chi connectivity index (χ3v) is 4.84. The molecule has 1 saturated heterocycles. The molecule has 2 heterocycles. The molecule has 0 aromatic carbocycles. The predicted octanol–water partition coefficient (Wildman–Crippen LogP) is 3.59. The van der Waals surface area contributed by atoms with Gasteiger partial charge in [0.05, 0.1) is 0 Å². The van der Waals surface area contributed by atoms with Gasteiger partial charge in [-0.2, -0.15) is 0 Å². The van der Waals surface area contributed by atoms with Crippen LogP contribution in [0.15, 0.2) is 15.9 Å². The molecule has 0 bridgehead atoms. The molecule has 0 aliphatic carbocycles. The van der Waals surface area contributed by atoms with Gasteiger partial charge in [-0.1, -0.05) is 6.92 Å². The molecule has 1 unspecified atom stereocenters. The van der Waals surface area contributed by atoms with Gasteiger partial charge >= 0.3 is 0 Å². The van der Waals surface area contributed by atoms with Crippen molar-refractivity contribution in [3.05, 3.63) is 20.8 Å². The van der Waals surface area contributed by atoms with Crippen molar-refractivity contribution in [2.24, 2.45) is 0 Å². The monoisotopic (exact) mass is 273 g/mol. The van der Waals surface area contributed by atoms with Gasteiger partial charge in [-0.3, -0.25) is 0 Å². The second-order valence-corrected chi connectivity index (χ2v) is 5.98. The summed E-state index contributed by atoms with van der Waals surface area (Å²) >= 11 is 5.37. The van der Waals surface area contributed by atoms with Crippen molar-refractivity contribution in [2.45, 2.75) is 38.1 Å². The van der Waals surface area contributed by atoms with Crippen molar-refractivity contribution in [2.75, 3.05) is 6.54 Å². The van der Waals surface area contributed by atoms with E-state index in [0.717, 1.165) is 0 Å². The second-order valence-electron chi connectivity index (χ2n) is 4.07. The number of halogens is 1. The van der Waals surface area contributed by atoms with Gasteiger partial charge in [0.1, 0.15) is 0 Å². The highest BCUT2D eigenvalue weighted by molar-refractivity contribution is 9.10. The van der Waals surface area contributed by atoms with E-state index >= 15 is 0 Å². The second kappa shape index (κ2) is 4.33. The average Bonchev–Trinajstić information content (AvgIpc) is 2.77. The van der Waals surface area contributed by atoms with Crippen molar-refractivity contribution in [3.63, 3.8) is 0 Å². The molecule has 1 aliphatic rings. The van der Waals surface area contributed by atoms with Crippen LogP contribution in [0.25, 0.3) is 0 Å². The van der Waals surface area contributed by atoms with E-state index in [1.165, 1.54) is 41.6 Å². The summed E-state index contributed by atoms with van der Waals surface area (Å²) < 4.78 is 1.22. The SMILES string of the molecule is CCC1(Cc2cc(Br)cs2)CCCN1. The van der Waals surface area contributed by atoms with Crippen molar-refractivity contribution >= 4 is 27.3 Å². The minimum absolute atomic E-state index is 0.393. The summed E-state index contributed by atoms with van der Waals surface area (Å²) in [6.45, 7) is 3.49. The first-order valence-corrected chi connectivity index (χ1v) is 6.89. The molecular formula is C11H16BrNS. The average molecular weight is 274 g/mol. The molecule has 0 radical (unpaired) electrons. The first-order valence-electron chi connectivity index (χ1n) is 5.22. The number of hydrogen-bond donors (Lipinski definition) is 1. The van der Waals surface area contributed by atoms with Crippen LogP contribution in [0.3, 0.4) is 0 Å². The Balaban J connectivity index is 2.08. The molecule has 0 spiro atoms. The number of nitrogens with one attached hydrogen (secondary N) is 1. The molecule has 1 aliphatic heterocycles. The molecule has 3 heteroatoms. The van der Waals surface area contributed by atoms with Crippen LogP contribution >= 0.6 is 27.3 Å². The van der Waals surface area contributed by atoms with Crippen LogP contribution in [0, 0.1) is 0 Å². The fourth-order valence-corrected chi connectivity index (χ4v) is 3.82. The number of rotatable bonds is 3. The van der Waals surface area contributed by atoms with Crippen LogP contribution in [0.2, 0.25) is 0 Å². The summed E-state index contributed by atoms with van der Waals surface area (Å²) in [5, 5.41) is 5.84. The number of hydrogen-bond acceptors (Lipinski definition) is 2. The van der Waals surface area contributed by atoms with Gasteiger partial charge in [-0.05, 0) is 54.2 Å². The third kappa shape index (κ3) is 2.20. The first-order chi connectivity index (χ1) is 6.74. The standard InChI is InChI=1S/C11H16BrNS/c1-2-11(4-3-5-13-11)7-10-6-9(12)8-14-10/h6,8,13H,2-5,7H2,1H3. The quantitative estimate of drug-likeness (QED) is 0.888. The Morgan fingerprint density at radius 3 is 3.00 bits per heavy atom. The van der Waals surface area contributed by atoms with Crippen molar-refractivity contribution < 1.29 is 0 Å². The molecule has 1 N–H and O–H groups in total. The van der Waals surface area contributed by atoms with E-state index in [0.29, 0.717) is 5.54 Å². The maximum Gasteiger partial charge on any atom is 0.0285 e. The lowest BCUT2D eigenvalue weighted by Crippen LogP contribution is -2.40. The minimum atomic E-state index is 0.393. The third-order valence-electron chi connectivity index (χ3n) is 3.14. The lowest BCUT2D eigenvalue weighted by molar-refractivity contribution is 0.362. The van der Waals surface area contributed by atoms with Crippen LogP contribution in [-0.2, 0) is 6.42 Å². The van der Waals surface area contributed by atoms with E-state index in [-0.39, 0.29) is 0 Å². The molecule has 1 fully saturated rings. The Bertz CT molecular complexity index is 302. The molecule has 78 valence electrons. The lowest BCUT2D eigenvalue weighted by atomic mass is 9.90. The smallest absolute Gasteiger partial charge is 0.0285 e. The van der Waals surface area contributed by atoms with E-state index in [4.69, 9.17) is 0 Å². The molecule has 1 atom stereocenters. The molecule has 1 nitrogen and oxygen atoms in total. The normalized spacial score (nSPS) is 27.0. The largest absolute Gasteiger partial charge is 0.311 e. The molecule has 1 aromatic rings. The van der Waals surface area contributed by atoms with Gasteiger partial charge in [0, 0.05) is 20.3 Å². The topological polar surface area (TPSA) is 12.0 Å². The van der Waals surface area contributed by atoms with E-state index in [1.54, 1.807) is 0 Å². The van der Waals surface area contributed by atoms with Gasteiger partial charge in [0.15, 0.2) is 0 Å². The van der Waals surface area contributed by atoms with Crippen molar-refractivity contribution in [3.8, 4) is 0 Å². The Morgan fingerprint density at radius 2 is 2.50 bits per heavy atom. The van der Waals surface area contributed by atoms with Gasteiger partial charge in [-0.25, -0.2) is 0 Å². The maximum absolute atomic E-state index is 3.67. The molecular weight excluding hydrogens is 258 g/mol. The summed E-state index contributed by atoms with van der Waals surface area (Å²) in [6, 6.07) is 2.25. The van der Waals surface area contributed by atoms with Crippen LogP contribution in [-0.4, -0.2) is 12.1 Å². The van der Waals surface area contributed by atoms with Gasteiger partial charge in [-0.15, -0.1) is 11.3 Å². The Hall–Kier alpha value is 0.140. The van der Waals surface area contributed by atoms with Gasteiger partial charge < -0.3 is 5.32 Å². The van der Waals surface area contributed by atoms with Crippen LogP contribution < -0.4 is 5.32 Å². The highest BCUT2D eigenvalue weighted by atomic mass is 79.9. The zero-order valence-electron chi connectivity index (χ0n) is 8.48. The summed E-state index contributed by atoms with van der Waals surface area (Å²) in [4.78, 5) is 1.49. The highest BCUT2D eigenvalue weighted by Crippen LogP contribution is 2.30. The Labute approximate surface area is 98.0 Å². The summed E-state index contributed by atoms with van der Waals surface area (Å²) in [5.74, 6) is 0. The lowest BCUT2D eigenvalue weighted by Gasteiger charge is -2.27.